The standard InChI is InChI=1S/C65H43N3/c1-5-23-45(24-6-1)66(46-25-7-2-8-26-46)61-42-44-22-13-14-31-50(44)62-52-33-16-19-36-56(52)65(64(61)62)55-35-18-15-32-51(55)54-43-49(40-41-57(54)65)67(47-27-9-3-10-28-47)59-38-21-39-60-63(59)53-34-17-20-37-58(53)68(60)48-29-11-4-12-30-48/h1-43H. The fourth-order valence-electron chi connectivity index (χ4n) is 11.9. The quantitative estimate of drug-likeness (QED) is 0.158. The molecule has 0 saturated heterocycles. The highest BCUT2D eigenvalue weighted by atomic mass is 15.2. The van der Waals surface area contributed by atoms with E-state index in [0.29, 0.717) is 0 Å². The Morgan fingerprint density at radius 2 is 0.838 bits per heavy atom. The molecule has 3 heteroatoms. The molecule has 0 bridgehead atoms. The van der Waals surface area contributed by atoms with E-state index in [9.17, 15) is 0 Å². The minimum atomic E-state index is -0.627. The van der Waals surface area contributed by atoms with Gasteiger partial charge < -0.3 is 14.4 Å². The maximum atomic E-state index is 2.48. The van der Waals surface area contributed by atoms with Crippen LogP contribution in [0.1, 0.15) is 22.3 Å². The van der Waals surface area contributed by atoms with E-state index in [0.717, 1.165) is 34.1 Å². The molecule has 3 nitrogen and oxygen atoms in total. The Labute approximate surface area is 395 Å². The second-order valence-corrected chi connectivity index (χ2v) is 18.0. The minimum Gasteiger partial charge on any atom is -0.310 e. The van der Waals surface area contributed by atoms with Gasteiger partial charge in [0.05, 0.1) is 27.8 Å². The van der Waals surface area contributed by atoms with Crippen molar-refractivity contribution in [2.75, 3.05) is 9.80 Å². The van der Waals surface area contributed by atoms with Gasteiger partial charge in [-0.15, -0.1) is 0 Å². The molecule has 12 aromatic rings. The van der Waals surface area contributed by atoms with Crippen LogP contribution in [-0.2, 0) is 5.41 Å². The van der Waals surface area contributed by atoms with E-state index in [-0.39, 0.29) is 0 Å². The number of anilines is 6. The zero-order valence-electron chi connectivity index (χ0n) is 37.2. The van der Waals surface area contributed by atoms with Crippen molar-refractivity contribution in [3.8, 4) is 27.9 Å². The van der Waals surface area contributed by atoms with E-state index in [1.807, 2.05) is 0 Å². The molecular weight excluding hydrogens is 823 g/mol. The predicted molar refractivity (Wildman–Crippen MR) is 284 cm³/mol. The second kappa shape index (κ2) is 15.1. The summed E-state index contributed by atoms with van der Waals surface area (Å²) in [5, 5.41) is 4.91. The molecule has 1 atom stereocenters. The lowest BCUT2D eigenvalue weighted by Gasteiger charge is -2.36. The molecule has 1 heterocycles. The first kappa shape index (κ1) is 38.4. The summed E-state index contributed by atoms with van der Waals surface area (Å²) in [6.45, 7) is 0. The lowest BCUT2D eigenvalue weighted by atomic mass is 9.69. The van der Waals surface area contributed by atoms with Gasteiger partial charge in [0.1, 0.15) is 0 Å². The summed E-state index contributed by atoms with van der Waals surface area (Å²) < 4.78 is 2.41. The van der Waals surface area contributed by atoms with Crippen LogP contribution in [0.2, 0.25) is 0 Å². The first-order valence-corrected chi connectivity index (χ1v) is 23.5. The molecule has 11 aromatic carbocycles. The Balaban J connectivity index is 1.07. The number of nitrogens with zero attached hydrogens (tertiary/aromatic N) is 3. The summed E-state index contributed by atoms with van der Waals surface area (Å²) >= 11 is 0. The lowest BCUT2D eigenvalue weighted by Crippen LogP contribution is -2.28. The molecule has 1 spiro atoms. The van der Waals surface area contributed by atoms with Gasteiger partial charge in [-0.25, -0.2) is 0 Å². The third-order valence-electron chi connectivity index (χ3n) is 14.5. The molecule has 0 saturated carbocycles. The van der Waals surface area contributed by atoms with Gasteiger partial charge in [0.15, 0.2) is 0 Å². The molecule has 68 heavy (non-hydrogen) atoms. The van der Waals surface area contributed by atoms with Crippen molar-refractivity contribution < 1.29 is 0 Å². The van der Waals surface area contributed by atoms with E-state index in [1.165, 1.54) is 82.8 Å². The minimum absolute atomic E-state index is 0.627. The van der Waals surface area contributed by atoms with E-state index in [2.05, 4.69) is 275 Å². The molecule has 0 amide bonds. The summed E-state index contributed by atoms with van der Waals surface area (Å²) in [6.07, 6.45) is 0. The molecular formula is C65H43N3. The Kier molecular flexibility index (Phi) is 8.50. The summed E-state index contributed by atoms with van der Waals surface area (Å²) in [6, 6.07) is 96.1. The number of benzene rings is 11. The molecule has 0 radical (unpaired) electrons. The zero-order valence-corrected chi connectivity index (χ0v) is 37.2. The van der Waals surface area contributed by atoms with Crippen molar-refractivity contribution in [1.29, 1.82) is 0 Å². The van der Waals surface area contributed by atoms with Crippen LogP contribution in [0.25, 0.3) is 60.5 Å². The summed E-state index contributed by atoms with van der Waals surface area (Å²) in [4.78, 5) is 4.96. The number of rotatable bonds is 7. The maximum absolute atomic E-state index is 2.48. The molecule has 1 aromatic heterocycles. The van der Waals surface area contributed by atoms with Crippen LogP contribution in [0.5, 0.6) is 0 Å². The Morgan fingerprint density at radius 3 is 1.53 bits per heavy atom. The van der Waals surface area contributed by atoms with E-state index >= 15 is 0 Å². The fourth-order valence-corrected chi connectivity index (χ4v) is 11.9. The van der Waals surface area contributed by atoms with Crippen LogP contribution in [0.15, 0.2) is 261 Å². The Bertz CT molecular complexity index is 3870. The fraction of sp³-hybridized carbons (Fsp3) is 0.0154. The normalized spacial score (nSPS) is 14.2. The second-order valence-electron chi connectivity index (χ2n) is 18.0. The first-order chi connectivity index (χ1) is 33.8. The molecule has 0 N–H and O–H groups in total. The van der Waals surface area contributed by atoms with Crippen molar-refractivity contribution in [2.45, 2.75) is 5.41 Å². The zero-order chi connectivity index (χ0) is 44.8. The van der Waals surface area contributed by atoms with Gasteiger partial charge in [-0.05, 0) is 135 Å². The van der Waals surface area contributed by atoms with Gasteiger partial charge in [-0.1, -0.05) is 176 Å². The lowest BCUT2D eigenvalue weighted by molar-refractivity contribution is 0.793. The number of hydrogen-bond donors (Lipinski definition) is 0. The van der Waals surface area contributed by atoms with Crippen LogP contribution in [-0.4, -0.2) is 4.57 Å². The van der Waals surface area contributed by atoms with Crippen LogP contribution in [0.3, 0.4) is 0 Å². The summed E-state index contributed by atoms with van der Waals surface area (Å²) in [7, 11) is 0. The van der Waals surface area contributed by atoms with Crippen molar-refractivity contribution in [2.24, 2.45) is 0 Å². The van der Waals surface area contributed by atoms with Gasteiger partial charge in [-0.3, -0.25) is 0 Å². The number of para-hydroxylation sites is 5. The van der Waals surface area contributed by atoms with E-state index in [1.54, 1.807) is 0 Å². The highest BCUT2D eigenvalue weighted by Gasteiger charge is 2.54. The van der Waals surface area contributed by atoms with Crippen LogP contribution in [0.4, 0.5) is 34.1 Å². The highest BCUT2D eigenvalue weighted by molar-refractivity contribution is 6.17. The van der Waals surface area contributed by atoms with Crippen LogP contribution in [0, 0.1) is 0 Å². The van der Waals surface area contributed by atoms with Gasteiger partial charge in [0.2, 0.25) is 0 Å². The average molecular weight is 866 g/mol. The van der Waals surface area contributed by atoms with Crippen molar-refractivity contribution in [3.63, 3.8) is 0 Å². The maximum Gasteiger partial charge on any atom is 0.0746 e. The molecule has 318 valence electrons. The van der Waals surface area contributed by atoms with Gasteiger partial charge in [0.25, 0.3) is 0 Å². The van der Waals surface area contributed by atoms with Gasteiger partial charge >= 0.3 is 0 Å². The Hall–Kier alpha value is -8.92. The molecule has 2 aliphatic rings. The molecule has 1 unspecified atom stereocenters. The van der Waals surface area contributed by atoms with Crippen molar-refractivity contribution >= 4 is 66.7 Å². The van der Waals surface area contributed by atoms with Crippen molar-refractivity contribution in [1.82, 2.24) is 4.57 Å². The third-order valence-corrected chi connectivity index (χ3v) is 14.5. The number of aromatic nitrogens is 1. The molecule has 0 fully saturated rings. The van der Waals surface area contributed by atoms with E-state index < -0.39 is 5.41 Å². The van der Waals surface area contributed by atoms with Crippen LogP contribution < -0.4 is 9.80 Å². The first-order valence-electron chi connectivity index (χ1n) is 23.5. The monoisotopic (exact) mass is 865 g/mol. The van der Waals surface area contributed by atoms with Crippen LogP contribution >= 0.6 is 0 Å². The molecule has 0 aliphatic heterocycles. The number of fused-ring (bicyclic) bond motifs is 15. The largest absolute Gasteiger partial charge is 0.310 e. The topological polar surface area (TPSA) is 11.4 Å². The number of hydrogen-bond acceptors (Lipinski definition) is 2. The third kappa shape index (κ3) is 5.41. The predicted octanol–water partition coefficient (Wildman–Crippen LogP) is 17.2. The highest BCUT2D eigenvalue weighted by Crippen LogP contribution is 2.67. The average Bonchev–Trinajstić information content (AvgIpc) is 4.02. The summed E-state index contributed by atoms with van der Waals surface area (Å²) in [5.74, 6) is 0. The van der Waals surface area contributed by atoms with Gasteiger partial charge in [0, 0.05) is 44.8 Å². The Morgan fingerprint density at radius 1 is 0.324 bits per heavy atom. The van der Waals surface area contributed by atoms with Gasteiger partial charge in [-0.2, -0.15) is 0 Å². The molecule has 14 rings (SSSR count). The SMILES string of the molecule is c1ccc(N(c2ccccc2)c2cc3ccccc3c3c2C2(c4ccccc4-c4cc(N(c5ccccc5)c5cccc6c5c5ccccc5n6-c5ccccc5)ccc42)c2ccccc2-3)cc1. The van der Waals surface area contributed by atoms with Crippen molar-refractivity contribution in [3.05, 3.63) is 283 Å². The van der Waals surface area contributed by atoms with E-state index in [4.69, 9.17) is 0 Å². The molecule has 2 aliphatic carbocycles. The summed E-state index contributed by atoms with van der Waals surface area (Å²) in [5.41, 5.74) is 19.9. The smallest absolute Gasteiger partial charge is 0.0746 e.